The van der Waals surface area contributed by atoms with E-state index in [0.29, 0.717) is 13.1 Å². The molecule has 22 heavy (non-hydrogen) atoms. The number of phenols is 1. The number of amides is 1. The van der Waals surface area contributed by atoms with Gasteiger partial charge in [0.2, 0.25) is 0 Å². The van der Waals surface area contributed by atoms with E-state index in [4.69, 9.17) is 4.74 Å². The minimum Gasteiger partial charge on any atom is -0.508 e. The normalized spacial score (nSPS) is 12.1. The molecule has 5 nitrogen and oxygen atoms in total. The van der Waals surface area contributed by atoms with Gasteiger partial charge in [-0.25, -0.2) is 4.79 Å². The summed E-state index contributed by atoms with van der Waals surface area (Å²) in [6, 6.07) is 5.29. The van der Waals surface area contributed by atoms with Crippen molar-refractivity contribution < 1.29 is 14.6 Å². The summed E-state index contributed by atoms with van der Waals surface area (Å²) in [5.41, 5.74) is -0.193. The fraction of sp³-hybridized carbons (Fsp3) is 0.562. The monoisotopic (exact) mass is 372 g/mol. The third-order valence-electron chi connectivity index (χ3n) is 2.76. The highest BCUT2D eigenvalue weighted by atomic mass is 79.9. The lowest BCUT2D eigenvalue weighted by molar-refractivity contribution is 0.0472. The molecule has 3 N–H and O–H groups in total. The average Bonchev–Trinajstić information content (AvgIpc) is 2.30. The van der Waals surface area contributed by atoms with Crippen LogP contribution in [0.15, 0.2) is 22.7 Å². The van der Waals surface area contributed by atoms with E-state index in [0.717, 1.165) is 10.0 Å². The van der Waals surface area contributed by atoms with E-state index in [1.165, 1.54) is 0 Å². The molecular formula is C16H25BrN2O3. The summed E-state index contributed by atoms with van der Waals surface area (Å²) in [5.74, 6) is 0.244. The molecule has 0 saturated heterocycles. The Bertz CT molecular complexity index is 525. The van der Waals surface area contributed by atoms with Crippen molar-refractivity contribution in [2.24, 2.45) is 0 Å². The van der Waals surface area contributed by atoms with E-state index in [2.05, 4.69) is 26.6 Å². The topological polar surface area (TPSA) is 70.6 Å². The number of benzene rings is 1. The van der Waals surface area contributed by atoms with E-state index in [1.807, 2.05) is 40.7 Å². The number of nitrogens with one attached hydrogen (secondary N) is 2. The highest BCUT2D eigenvalue weighted by Crippen LogP contribution is 2.21. The molecule has 0 atom stereocenters. The van der Waals surface area contributed by atoms with Gasteiger partial charge in [0.15, 0.2) is 0 Å². The number of halogens is 1. The fourth-order valence-corrected chi connectivity index (χ4v) is 2.24. The van der Waals surface area contributed by atoms with Crippen molar-refractivity contribution in [2.45, 2.75) is 52.3 Å². The van der Waals surface area contributed by atoms with E-state index in [1.54, 1.807) is 12.1 Å². The van der Waals surface area contributed by atoms with E-state index < -0.39 is 17.2 Å². The lowest BCUT2D eigenvalue weighted by atomic mass is 10.1. The van der Waals surface area contributed by atoms with Gasteiger partial charge in [0.05, 0.1) is 5.54 Å². The third kappa shape index (κ3) is 7.13. The molecule has 0 radical (unpaired) electrons. The smallest absolute Gasteiger partial charge is 0.408 e. The average molecular weight is 373 g/mol. The van der Waals surface area contributed by atoms with Gasteiger partial charge in [-0.3, -0.25) is 0 Å². The minimum atomic E-state index is -0.518. The number of ether oxygens (including phenoxy) is 1. The molecule has 0 bridgehead atoms. The first-order chi connectivity index (χ1) is 9.98. The standard InChI is InChI=1S/C16H25BrN2O3/c1-15(2,3)22-14(21)19-16(4,5)10-18-9-11-8-12(17)6-7-13(11)20/h6-8,18,20H,9-10H2,1-5H3,(H,19,21). The van der Waals surface area contributed by atoms with Crippen LogP contribution in [0.1, 0.15) is 40.2 Å². The molecular weight excluding hydrogens is 348 g/mol. The fourth-order valence-electron chi connectivity index (χ4n) is 1.83. The molecule has 124 valence electrons. The van der Waals surface area contributed by atoms with Crippen molar-refractivity contribution in [3.05, 3.63) is 28.2 Å². The molecule has 0 heterocycles. The van der Waals surface area contributed by atoms with Crippen LogP contribution < -0.4 is 10.6 Å². The van der Waals surface area contributed by atoms with Gasteiger partial charge in [-0.05, 0) is 52.8 Å². The number of hydrogen-bond acceptors (Lipinski definition) is 4. The highest BCUT2D eigenvalue weighted by Gasteiger charge is 2.24. The zero-order valence-electron chi connectivity index (χ0n) is 13.8. The summed E-state index contributed by atoms with van der Waals surface area (Å²) in [5, 5.41) is 15.8. The molecule has 0 unspecified atom stereocenters. The largest absolute Gasteiger partial charge is 0.508 e. The van der Waals surface area contributed by atoms with Crippen LogP contribution in [0.5, 0.6) is 5.75 Å². The Kier molecular flexibility index (Phi) is 6.26. The minimum absolute atomic E-state index is 0.244. The molecule has 0 aliphatic heterocycles. The Balaban J connectivity index is 2.48. The van der Waals surface area contributed by atoms with Gasteiger partial charge in [0.1, 0.15) is 11.4 Å². The predicted octanol–water partition coefficient (Wildman–Crippen LogP) is 3.55. The SMILES string of the molecule is CC(C)(CNCc1cc(Br)ccc1O)NC(=O)OC(C)(C)C. The number of hydrogen-bond donors (Lipinski definition) is 3. The van der Waals surface area contributed by atoms with Gasteiger partial charge in [0, 0.05) is 23.1 Å². The summed E-state index contributed by atoms with van der Waals surface area (Å²) in [6.07, 6.45) is -0.440. The number of alkyl carbamates (subject to hydrolysis) is 1. The lowest BCUT2D eigenvalue weighted by Gasteiger charge is -2.29. The van der Waals surface area contributed by atoms with Crippen LogP contribution in [-0.4, -0.2) is 28.9 Å². The Morgan fingerprint density at radius 3 is 2.50 bits per heavy atom. The second-order valence-corrected chi connectivity index (χ2v) is 7.80. The maximum atomic E-state index is 11.8. The molecule has 0 aromatic heterocycles. The van der Waals surface area contributed by atoms with Crippen LogP contribution >= 0.6 is 15.9 Å². The van der Waals surface area contributed by atoms with Crippen molar-refractivity contribution in [3.8, 4) is 5.75 Å². The van der Waals surface area contributed by atoms with Gasteiger partial charge < -0.3 is 20.5 Å². The van der Waals surface area contributed by atoms with Crippen LogP contribution in [0.25, 0.3) is 0 Å². The summed E-state index contributed by atoms with van der Waals surface area (Å²) in [7, 11) is 0. The van der Waals surface area contributed by atoms with Crippen molar-refractivity contribution >= 4 is 22.0 Å². The molecule has 1 aromatic rings. The second-order valence-electron chi connectivity index (χ2n) is 6.89. The number of phenolic OH excluding ortho intramolecular Hbond substituents is 1. The molecule has 1 rings (SSSR count). The quantitative estimate of drug-likeness (QED) is 0.738. The maximum Gasteiger partial charge on any atom is 0.408 e. The Labute approximate surface area is 140 Å². The van der Waals surface area contributed by atoms with Crippen LogP contribution in [0, 0.1) is 0 Å². The number of aromatic hydroxyl groups is 1. The van der Waals surface area contributed by atoms with Crippen LogP contribution in [0.3, 0.4) is 0 Å². The van der Waals surface area contributed by atoms with Gasteiger partial charge in [0.25, 0.3) is 0 Å². The molecule has 0 aliphatic carbocycles. The van der Waals surface area contributed by atoms with Crippen molar-refractivity contribution in [3.63, 3.8) is 0 Å². The summed E-state index contributed by atoms with van der Waals surface area (Å²) in [6.45, 7) is 10.3. The Hall–Kier alpha value is -1.27. The van der Waals surface area contributed by atoms with Crippen molar-refractivity contribution in [2.75, 3.05) is 6.54 Å². The van der Waals surface area contributed by atoms with Gasteiger partial charge in [-0.2, -0.15) is 0 Å². The highest BCUT2D eigenvalue weighted by molar-refractivity contribution is 9.10. The van der Waals surface area contributed by atoms with Gasteiger partial charge in [-0.15, -0.1) is 0 Å². The summed E-state index contributed by atoms with van der Waals surface area (Å²) >= 11 is 3.38. The number of rotatable bonds is 5. The predicted molar refractivity (Wildman–Crippen MR) is 91.0 cm³/mol. The number of carbonyl (C=O) groups is 1. The zero-order valence-corrected chi connectivity index (χ0v) is 15.4. The van der Waals surface area contributed by atoms with Crippen LogP contribution in [-0.2, 0) is 11.3 Å². The molecule has 0 fully saturated rings. The van der Waals surface area contributed by atoms with E-state index in [9.17, 15) is 9.90 Å². The van der Waals surface area contributed by atoms with Crippen molar-refractivity contribution in [1.82, 2.24) is 10.6 Å². The zero-order chi connectivity index (χ0) is 17.0. The second kappa shape index (κ2) is 7.33. The molecule has 0 spiro atoms. The maximum absolute atomic E-state index is 11.8. The summed E-state index contributed by atoms with van der Waals surface area (Å²) < 4.78 is 6.16. The molecule has 1 aromatic carbocycles. The van der Waals surface area contributed by atoms with Gasteiger partial charge in [-0.1, -0.05) is 15.9 Å². The Morgan fingerprint density at radius 2 is 1.91 bits per heavy atom. The third-order valence-corrected chi connectivity index (χ3v) is 3.26. The molecule has 6 heteroatoms. The molecule has 1 amide bonds. The molecule has 0 saturated carbocycles. The summed E-state index contributed by atoms with van der Waals surface area (Å²) in [4.78, 5) is 11.8. The number of carbonyl (C=O) groups excluding carboxylic acids is 1. The van der Waals surface area contributed by atoms with Crippen LogP contribution in [0.4, 0.5) is 4.79 Å². The van der Waals surface area contributed by atoms with E-state index in [-0.39, 0.29) is 5.75 Å². The van der Waals surface area contributed by atoms with Crippen molar-refractivity contribution in [1.29, 1.82) is 0 Å². The Morgan fingerprint density at radius 1 is 1.27 bits per heavy atom. The first kappa shape index (κ1) is 18.8. The first-order valence-corrected chi connectivity index (χ1v) is 7.97. The first-order valence-electron chi connectivity index (χ1n) is 7.18. The molecule has 0 aliphatic rings. The van der Waals surface area contributed by atoms with Gasteiger partial charge >= 0.3 is 6.09 Å². The van der Waals surface area contributed by atoms with E-state index >= 15 is 0 Å². The van der Waals surface area contributed by atoms with Crippen LogP contribution in [0.2, 0.25) is 0 Å². The lowest BCUT2D eigenvalue weighted by Crippen LogP contribution is -2.51.